The van der Waals surface area contributed by atoms with Gasteiger partial charge in [-0.25, -0.2) is 0 Å². The number of nitrogens with zero attached hydrogens (tertiary/aromatic N) is 1. The summed E-state index contributed by atoms with van der Waals surface area (Å²) in [5, 5.41) is 12.3. The molecule has 0 aliphatic carbocycles. The summed E-state index contributed by atoms with van der Waals surface area (Å²) in [6.45, 7) is 4.97. The zero-order valence-electron chi connectivity index (χ0n) is 12.5. The molecule has 21 heavy (non-hydrogen) atoms. The Kier molecular flexibility index (Phi) is 4.96. The Morgan fingerprint density at radius 2 is 2.00 bits per heavy atom. The van der Waals surface area contributed by atoms with Gasteiger partial charge in [0, 0.05) is 18.7 Å². The van der Waals surface area contributed by atoms with Crippen molar-refractivity contribution in [1.82, 2.24) is 10.2 Å². The van der Waals surface area contributed by atoms with E-state index in [0.717, 1.165) is 5.56 Å². The molecule has 0 radical (unpaired) electrons. The van der Waals surface area contributed by atoms with Gasteiger partial charge in [-0.15, -0.1) is 0 Å². The van der Waals surface area contributed by atoms with Gasteiger partial charge in [-0.2, -0.15) is 0 Å². The van der Waals surface area contributed by atoms with Crippen LogP contribution in [0.3, 0.4) is 0 Å². The monoisotopic (exact) mass is 290 g/mol. The standard InChI is InChI=1S/C16H22N2O3/c1-11-3-5-13(6-4-11)16(21)17-9-15(20)18-8-7-14(19)12(2)10-18/h3-6,12,14,19H,7-10H2,1-2H3,(H,17,21). The van der Waals surface area contributed by atoms with Gasteiger partial charge in [0.1, 0.15) is 0 Å². The molecular weight excluding hydrogens is 268 g/mol. The van der Waals surface area contributed by atoms with Gasteiger partial charge in [0.2, 0.25) is 5.91 Å². The highest BCUT2D eigenvalue weighted by atomic mass is 16.3. The van der Waals surface area contributed by atoms with Crippen molar-refractivity contribution in [3.8, 4) is 0 Å². The van der Waals surface area contributed by atoms with Crippen LogP contribution in [0.15, 0.2) is 24.3 Å². The van der Waals surface area contributed by atoms with Crippen LogP contribution in [0.5, 0.6) is 0 Å². The average molecular weight is 290 g/mol. The van der Waals surface area contributed by atoms with Crippen molar-refractivity contribution in [2.24, 2.45) is 5.92 Å². The van der Waals surface area contributed by atoms with E-state index >= 15 is 0 Å². The molecule has 1 aromatic carbocycles. The second-order valence-electron chi connectivity index (χ2n) is 5.72. The summed E-state index contributed by atoms with van der Waals surface area (Å²) < 4.78 is 0. The number of aliphatic hydroxyl groups excluding tert-OH is 1. The van der Waals surface area contributed by atoms with E-state index in [4.69, 9.17) is 0 Å². The number of hydrogen-bond acceptors (Lipinski definition) is 3. The van der Waals surface area contributed by atoms with Crippen molar-refractivity contribution in [1.29, 1.82) is 0 Å². The molecule has 2 atom stereocenters. The van der Waals surface area contributed by atoms with Crippen molar-refractivity contribution < 1.29 is 14.7 Å². The smallest absolute Gasteiger partial charge is 0.251 e. The van der Waals surface area contributed by atoms with E-state index in [1.54, 1.807) is 17.0 Å². The van der Waals surface area contributed by atoms with E-state index in [-0.39, 0.29) is 30.4 Å². The Bertz CT molecular complexity index is 513. The third-order valence-electron chi connectivity index (χ3n) is 3.93. The van der Waals surface area contributed by atoms with Gasteiger partial charge in [-0.3, -0.25) is 9.59 Å². The van der Waals surface area contributed by atoms with Crippen LogP contribution in [0.1, 0.15) is 29.3 Å². The highest BCUT2D eigenvalue weighted by Gasteiger charge is 2.27. The van der Waals surface area contributed by atoms with Crippen LogP contribution in [-0.2, 0) is 4.79 Å². The van der Waals surface area contributed by atoms with Crippen molar-refractivity contribution in [3.63, 3.8) is 0 Å². The number of likely N-dealkylation sites (tertiary alicyclic amines) is 1. The van der Waals surface area contributed by atoms with Gasteiger partial charge in [-0.05, 0) is 31.4 Å². The molecule has 0 aromatic heterocycles. The summed E-state index contributed by atoms with van der Waals surface area (Å²) >= 11 is 0. The third kappa shape index (κ3) is 4.04. The molecule has 2 unspecified atom stereocenters. The molecule has 1 aliphatic rings. The molecule has 5 heteroatoms. The lowest BCUT2D eigenvalue weighted by Gasteiger charge is -2.34. The number of piperidine rings is 1. The Morgan fingerprint density at radius 3 is 2.62 bits per heavy atom. The molecule has 1 heterocycles. The molecule has 0 saturated carbocycles. The lowest BCUT2D eigenvalue weighted by Crippen LogP contribution is -2.48. The van der Waals surface area contributed by atoms with Crippen LogP contribution in [0.2, 0.25) is 0 Å². The lowest BCUT2D eigenvalue weighted by atomic mass is 9.97. The first-order valence-corrected chi connectivity index (χ1v) is 7.28. The number of rotatable bonds is 3. The highest BCUT2D eigenvalue weighted by molar-refractivity contribution is 5.96. The summed E-state index contributed by atoms with van der Waals surface area (Å²) in [6, 6.07) is 7.22. The molecule has 2 N–H and O–H groups in total. The van der Waals surface area contributed by atoms with Crippen molar-refractivity contribution in [2.75, 3.05) is 19.6 Å². The van der Waals surface area contributed by atoms with Crippen molar-refractivity contribution in [3.05, 3.63) is 35.4 Å². The average Bonchev–Trinajstić information content (AvgIpc) is 2.48. The predicted octanol–water partition coefficient (Wildman–Crippen LogP) is 0.954. The molecule has 1 aromatic rings. The maximum atomic E-state index is 12.1. The fourth-order valence-electron chi connectivity index (χ4n) is 2.43. The fourth-order valence-corrected chi connectivity index (χ4v) is 2.43. The zero-order valence-corrected chi connectivity index (χ0v) is 12.5. The number of carbonyl (C=O) groups is 2. The first-order chi connectivity index (χ1) is 9.97. The Hall–Kier alpha value is -1.88. The van der Waals surface area contributed by atoms with Crippen LogP contribution in [0.4, 0.5) is 0 Å². The summed E-state index contributed by atoms with van der Waals surface area (Å²) in [4.78, 5) is 25.7. The molecule has 1 aliphatic heterocycles. The molecule has 1 fully saturated rings. The number of aryl methyl sites for hydroxylation is 1. The molecular formula is C16H22N2O3. The quantitative estimate of drug-likeness (QED) is 0.871. The molecule has 0 spiro atoms. The van der Waals surface area contributed by atoms with Crippen LogP contribution in [-0.4, -0.2) is 47.6 Å². The van der Waals surface area contributed by atoms with Crippen LogP contribution in [0, 0.1) is 12.8 Å². The molecule has 2 amide bonds. The number of amides is 2. The van der Waals surface area contributed by atoms with Gasteiger partial charge in [0.15, 0.2) is 0 Å². The van der Waals surface area contributed by atoms with Crippen LogP contribution < -0.4 is 5.32 Å². The minimum Gasteiger partial charge on any atom is -0.393 e. The second-order valence-corrected chi connectivity index (χ2v) is 5.72. The van der Waals surface area contributed by atoms with E-state index in [1.165, 1.54) is 0 Å². The van der Waals surface area contributed by atoms with Crippen molar-refractivity contribution in [2.45, 2.75) is 26.4 Å². The number of hydrogen-bond donors (Lipinski definition) is 2. The van der Waals surface area contributed by atoms with E-state index in [2.05, 4.69) is 5.32 Å². The van der Waals surface area contributed by atoms with Crippen LogP contribution in [0.25, 0.3) is 0 Å². The van der Waals surface area contributed by atoms with E-state index in [1.807, 2.05) is 26.0 Å². The predicted molar refractivity (Wildman–Crippen MR) is 79.9 cm³/mol. The van der Waals surface area contributed by atoms with Gasteiger partial charge >= 0.3 is 0 Å². The molecule has 5 nitrogen and oxygen atoms in total. The van der Waals surface area contributed by atoms with Gasteiger partial charge in [0.05, 0.1) is 12.6 Å². The molecule has 2 rings (SSSR count). The summed E-state index contributed by atoms with van der Waals surface area (Å²) in [5.41, 5.74) is 1.64. The van der Waals surface area contributed by atoms with E-state index < -0.39 is 0 Å². The fraction of sp³-hybridized carbons (Fsp3) is 0.500. The number of aliphatic hydroxyl groups is 1. The number of carbonyl (C=O) groups excluding carboxylic acids is 2. The van der Waals surface area contributed by atoms with Crippen molar-refractivity contribution >= 4 is 11.8 Å². The molecule has 0 bridgehead atoms. The molecule has 114 valence electrons. The summed E-state index contributed by atoms with van der Waals surface area (Å²) in [5.74, 6) is -0.266. The topological polar surface area (TPSA) is 69.6 Å². The first kappa shape index (κ1) is 15.5. The maximum Gasteiger partial charge on any atom is 0.251 e. The Balaban J connectivity index is 1.83. The zero-order chi connectivity index (χ0) is 15.4. The SMILES string of the molecule is Cc1ccc(C(=O)NCC(=O)N2CCC(O)C(C)C2)cc1. The largest absolute Gasteiger partial charge is 0.393 e. The lowest BCUT2D eigenvalue weighted by molar-refractivity contribution is -0.133. The minimum atomic E-state index is -0.337. The third-order valence-corrected chi connectivity index (χ3v) is 3.93. The Morgan fingerprint density at radius 1 is 1.33 bits per heavy atom. The minimum absolute atomic E-state index is 0.00444. The van der Waals surface area contributed by atoms with E-state index in [9.17, 15) is 14.7 Å². The number of nitrogens with one attached hydrogen (secondary N) is 1. The van der Waals surface area contributed by atoms with E-state index in [0.29, 0.717) is 25.1 Å². The first-order valence-electron chi connectivity index (χ1n) is 7.28. The maximum absolute atomic E-state index is 12.1. The Labute approximate surface area is 125 Å². The molecule has 1 saturated heterocycles. The summed E-state index contributed by atoms with van der Waals surface area (Å²) in [6.07, 6.45) is 0.259. The number of benzene rings is 1. The normalized spacial score (nSPS) is 22.0. The second kappa shape index (κ2) is 6.72. The van der Waals surface area contributed by atoms with Gasteiger partial charge < -0.3 is 15.3 Å². The summed E-state index contributed by atoms with van der Waals surface area (Å²) in [7, 11) is 0. The highest BCUT2D eigenvalue weighted by Crippen LogP contribution is 2.16. The van der Waals surface area contributed by atoms with Gasteiger partial charge in [0.25, 0.3) is 5.91 Å². The van der Waals surface area contributed by atoms with Gasteiger partial charge in [-0.1, -0.05) is 24.6 Å². The van der Waals surface area contributed by atoms with Crippen LogP contribution >= 0.6 is 0 Å².